The van der Waals surface area contributed by atoms with Crippen molar-refractivity contribution >= 4 is 39.5 Å². The van der Waals surface area contributed by atoms with Crippen LogP contribution in [0.3, 0.4) is 0 Å². The van der Waals surface area contributed by atoms with Crippen LogP contribution >= 0.6 is 22.6 Å². The molecule has 0 saturated heterocycles. The van der Waals surface area contributed by atoms with Gasteiger partial charge in [-0.2, -0.15) is 0 Å². The maximum atomic E-state index is 10.8. The summed E-state index contributed by atoms with van der Waals surface area (Å²) in [6.45, 7) is 0. The minimum Gasteiger partial charge on any atom is -0.478 e. The van der Waals surface area contributed by atoms with Crippen molar-refractivity contribution in [1.29, 1.82) is 0 Å². The molecule has 0 aliphatic rings. The van der Waals surface area contributed by atoms with Gasteiger partial charge in [-0.05, 0) is 34.7 Å². The lowest BCUT2D eigenvalue weighted by Crippen LogP contribution is -1.96. The molecular weight excluding hydrogens is 281 g/mol. The molecule has 0 aliphatic heterocycles. The van der Waals surface area contributed by atoms with Crippen LogP contribution in [0.5, 0.6) is 0 Å². The maximum absolute atomic E-state index is 10.8. The van der Waals surface area contributed by atoms with Crippen LogP contribution in [0.15, 0.2) is 24.4 Å². The normalized spacial score (nSPS) is 10.5. The summed E-state index contributed by atoms with van der Waals surface area (Å²) < 4.78 is 0.936. The lowest BCUT2D eigenvalue weighted by molar-refractivity contribution is 0.0699. The van der Waals surface area contributed by atoms with Crippen LogP contribution in [0.25, 0.3) is 10.9 Å². The van der Waals surface area contributed by atoms with E-state index in [4.69, 9.17) is 5.11 Å². The summed E-state index contributed by atoms with van der Waals surface area (Å²) in [6, 6.07) is 5.21. The van der Waals surface area contributed by atoms with Gasteiger partial charge in [0.1, 0.15) is 0 Å². The maximum Gasteiger partial charge on any atom is 0.336 e. The number of carboxylic acids is 1. The molecule has 1 aromatic heterocycles. The minimum absolute atomic E-state index is 0.350. The molecule has 2 rings (SSSR count). The Morgan fingerprint density at radius 3 is 2.92 bits per heavy atom. The number of aromatic amines is 1. The summed E-state index contributed by atoms with van der Waals surface area (Å²) in [5, 5.41) is 9.70. The van der Waals surface area contributed by atoms with Crippen molar-refractivity contribution in [3.8, 4) is 0 Å². The molecule has 0 bridgehead atoms. The summed E-state index contributed by atoms with van der Waals surface area (Å²) in [5.74, 6) is -0.886. The third-order valence-electron chi connectivity index (χ3n) is 1.89. The number of halogens is 1. The Bertz CT molecular complexity index is 475. The molecule has 66 valence electrons. The standard InChI is InChI=1S/C9H6INO2/c10-6-4-11-7-3-1-2-5(8(6)7)9(12)13/h1-4,11H,(H,12,13). The molecule has 0 saturated carbocycles. The average molecular weight is 287 g/mol. The van der Waals surface area contributed by atoms with E-state index in [2.05, 4.69) is 27.6 Å². The van der Waals surface area contributed by atoms with E-state index in [1.165, 1.54) is 0 Å². The predicted octanol–water partition coefficient (Wildman–Crippen LogP) is 2.47. The lowest BCUT2D eigenvalue weighted by Gasteiger charge is -1.96. The van der Waals surface area contributed by atoms with Crippen LogP contribution in [-0.4, -0.2) is 16.1 Å². The molecule has 2 N–H and O–H groups in total. The number of hydrogen-bond acceptors (Lipinski definition) is 1. The molecular formula is C9H6INO2. The number of aromatic carboxylic acids is 1. The minimum atomic E-state index is -0.886. The van der Waals surface area contributed by atoms with E-state index in [1.807, 2.05) is 6.07 Å². The molecule has 4 heteroatoms. The predicted molar refractivity (Wildman–Crippen MR) is 58.0 cm³/mol. The number of hydrogen-bond donors (Lipinski definition) is 2. The topological polar surface area (TPSA) is 53.1 Å². The highest BCUT2D eigenvalue weighted by Crippen LogP contribution is 2.23. The Morgan fingerprint density at radius 1 is 1.46 bits per heavy atom. The Hall–Kier alpha value is -1.04. The highest BCUT2D eigenvalue weighted by atomic mass is 127. The first-order valence-electron chi connectivity index (χ1n) is 3.69. The van der Waals surface area contributed by atoms with Crippen LogP contribution in [0, 0.1) is 3.57 Å². The molecule has 0 atom stereocenters. The number of fused-ring (bicyclic) bond motifs is 1. The van der Waals surface area contributed by atoms with Gasteiger partial charge in [0, 0.05) is 20.7 Å². The summed E-state index contributed by atoms with van der Waals surface area (Å²) in [4.78, 5) is 13.9. The van der Waals surface area contributed by atoms with Gasteiger partial charge in [-0.25, -0.2) is 4.79 Å². The fourth-order valence-corrected chi connectivity index (χ4v) is 2.06. The Kier molecular flexibility index (Phi) is 1.99. The fraction of sp³-hybridized carbons (Fsp3) is 0. The number of nitrogens with one attached hydrogen (secondary N) is 1. The number of carboxylic acid groups (broad SMARTS) is 1. The van der Waals surface area contributed by atoms with E-state index in [-0.39, 0.29) is 0 Å². The summed E-state index contributed by atoms with van der Waals surface area (Å²) in [6.07, 6.45) is 1.80. The van der Waals surface area contributed by atoms with Crippen molar-refractivity contribution < 1.29 is 9.90 Å². The summed E-state index contributed by atoms with van der Waals surface area (Å²) in [5.41, 5.74) is 1.22. The van der Waals surface area contributed by atoms with Crippen molar-refractivity contribution in [2.24, 2.45) is 0 Å². The van der Waals surface area contributed by atoms with Gasteiger partial charge < -0.3 is 10.1 Å². The van der Waals surface area contributed by atoms with Crippen molar-refractivity contribution in [3.63, 3.8) is 0 Å². The van der Waals surface area contributed by atoms with E-state index >= 15 is 0 Å². The molecule has 0 amide bonds. The first-order chi connectivity index (χ1) is 6.20. The number of benzene rings is 1. The van der Waals surface area contributed by atoms with Gasteiger partial charge in [-0.15, -0.1) is 0 Å². The molecule has 13 heavy (non-hydrogen) atoms. The van der Waals surface area contributed by atoms with Gasteiger partial charge in [-0.1, -0.05) is 6.07 Å². The second-order valence-electron chi connectivity index (χ2n) is 2.67. The van der Waals surface area contributed by atoms with Gasteiger partial charge >= 0.3 is 5.97 Å². The quantitative estimate of drug-likeness (QED) is 0.792. The largest absolute Gasteiger partial charge is 0.478 e. The van der Waals surface area contributed by atoms with Crippen LogP contribution in [0.1, 0.15) is 10.4 Å². The SMILES string of the molecule is O=C(O)c1cccc2[nH]cc(I)c12. The zero-order chi connectivity index (χ0) is 9.42. The molecule has 0 fully saturated rings. The smallest absolute Gasteiger partial charge is 0.336 e. The Morgan fingerprint density at radius 2 is 2.23 bits per heavy atom. The second kappa shape index (κ2) is 3.02. The van der Waals surface area contributed by atoms with Gasteiger partial charge in [0.05, 0.1) is 5.56 Å². The van der Waals surface area contributed by atoms with E-state index < -0.39 is 5.97 Å². The summed E-state index contributed by atoms with van der Waals surface area (Å²) in [7, 11) is 0. The van der Waals surface area contributed by atoms with Gasteiger partial charge in [0.25, 0.3) is 0 Å². The molecule has 0 aliphatic carbocycles. The third-order valence-corrected chi connectivity index (χ3v) is 2.74. The summed E-state index contributed by atoms with van der Waals surface area (Å²) >= 11 is 2.12. The lowest BCUT2D eigenvalue weighted by atomic mass is 10.1. The van der Waals surface area contributed by atoms with Crippen LogP contribution in [0.4, 0.5) is 0 Å². The number of carbonyl (C=O) groups is 1. The first-order valence-corrected chi connectivity index (χ1v) is 4.77. The van der Waals surface area contributed by atoms with Gasteiger partial charge in [-0.3, -0.25) is 0 Å². The van der Waals surface area contributed by atoms with Crippen LogP contribution in [0.2, 0.25) is 0 Å². The van der Waals surface area contributed by atoms with E-state index in [0.29, 0.717) is 5.56 Å². The molecule has 3 nitrogen and oxygen atoms in total. The average Bonchev–Trinajstić information content (AvgIpc) is 2.48. The molecule has 0 spiro atoms. The van der Waals surface area contributed by atoms with Crippen LogP contribution < -0.4 is 0 Å². The molecule has 0 unspecified atom stereocenters. The number of rotatable bonds is 1. The third kappa shape index (κ3) is 1.31. The Labute approximate surface area is 87.9 Å². The van der Waals surface area contributed by atoms with E-state index in [1.54, 1.807) is 18.3 Å². The van der Waals surface area contributed by atoms with Crippen molar-refractivity contribution in [3.05, 3.63) is 33.5 Å². The molecule has 2 aromatic rings. The number of H-pyrrole nitrogens is 1. The van der Waals surface area contributed by atoms with Gasteiger partial charge in [0.2, 0.25) is 0 Å². The molecule has 1 aromatic carbocycles. The van der Waals surface area contributed by atoms with E-state index in [0.717, 1.165) is 14.5 Å². The van der Waals surface area contributed by atoms with Crippen LogP contribution in [-0.2, 0) is 0 Å². The first kappa shape index (κ1) is 8.55. The van der Waals surface area contributed by atoms with Gasteiger partial charge in [0.15, 0.2) is 0 Å². The van der Waals surface area contributed by atoms with Crippen molar-refractivity contribution in [1.82, 2.24) is 4.98 Å². The van der Waals surface area contributed by atoms with Crippen molar-refractivity contribution in [2.75, 3.05) is 0 Å². The molecule has 1 heterocycles. The molecule has 0 radical (unpaired) electrons. The zero-order valence-electron chi connectivity index (χ0n) is 6.54. The zero-order valence-corrected chi connectivity index (χ0v) is 8.70. The highest BCUT2D eigenvalue weighted by molar-refractivity contribution is 14.1. The van der Waals surface area contributed by atoms with Crippen molar-refractivity contribution in [2.45, 2.75) is 0 Å². The number of aromatic nitrogens is 1. The van der Waals surface area contributed by atoms with E-state index in [9.17, 15) is 4.79 Å². The highest BCUT2D eigenvalue weighted by Gasteiger charge is 2.11. The second-order valence-corrected chi connectivity index (χ2v) is 3.83. The monoisotopic (exact) mass is 287 g/mol. The fourth-order valence-electron chi connectivity index (χ4n) is 1.32. The Balaban J connectivity index is 2.88.